The maximum absolute atomic E-state index is 10.7. The fourth-order valence-corrected chi connectivity index (χ4v) is 1.47. The van der Waals surface area contributed by atoms with Crippen molar-refractivity contribution in [2.24, 2.45) is 0 Å². The van der Waals surface area contributed by atoms with Crippen molar-refractivity contribution in [2.45, 2.75) is 26.2 Å². The van der Waals surface area contributed by atoms with Crippen LogP contribution in [0.2, 0.25) is 0 Å². The molecule has 7 heteroatoms. The summed E-state index contributed by atoms with van der Waals surface area (Å²) in [6, 6.07) is 1.91. The number of nitro benzene ring substituents is 2. The van der Waals surface area contributed by atoms with Crippen LogP contribution in [0.1, 0.15) is 25.3 Å². The zero-order valence-electron chi connectivity index (χ0n) is 9.25. The van der Waals surface area contributed by atoms with Crippen LogP contribution in [0.4, 0.5) is 11.4 Å². The molecule has 0 aromatic heterocycles. The smallest absolute Gasteiger partial charge is 0.349 e. The number of aromatic hydroxyl groups is 1. The van der Waals surface area contributed by atoms with Crippen molar-refractivity contribution in [1.82, 2.24) is 0 Å². The van der Waals surface area contributed by atoms with Crippen LogP contribution in [-0.4, -0.2) is 15.0 Å². The van der Waals surface area contributed by atoms with Gasteiger partial charge in [-0.2, -0.15) is 0 Å². The van der Waals surface area contributed by atoms with Gasteiger partial charge in [-0.05, 0) is 12.8 Å². The predicted octanol–water partition coefficient (Wildman–Crippen LogP) is 2.55. The molecule has 0 radical (unpaired) electrons. The van der Waals surface area contributed by atoms with E-state index in [1.54, 1.807) is 0 Å². The molecule has 0 fully saturated rings. The predicted molar refractivity (Wildman–Crippen MR) is 60.0 cm³/mol. The minimum absolute atomic E-state index is 0.268. The fourth-order valence-electron chi connectivity index (χ4n) is 1.47. The minimum Gasteiger partial charge on any atom is -0.507 e. The van der Waals surface area contributed by atoms with Crippen molar-refractivity contribution >= 4 is 11.4 Å². The van der Waals surface area contributed by atoms with Gasteiger partial charge in [0.1, 0.15) is 5.75 Å². The molecule has 0 unspecified atom stereocenters. The van der Waals surface area contributed by atoms with Crippen LogP contribution in [0.5, 0.6) is 5.75 Å². The molecular weight excluding hydrogens is 228 g/mol. The lowest BCUT2D eigenvalue weighted by molar-refractivity contribution is -0.422. The van der Waals surface area contributed by atoms with Crippen LogP contribution in [0.25, 0.3) is 0 Å². The van der Waals surface area contributed by atoms with E-state index >= 15 is 0 Å². The summed E-state index contributed by atoms with van der Waals surface area (Å²) < 4.78 is 0. The van der Waals surface area contributed by atoms with Gasteiger partial charge in [-0.15, -0.1) is 0 Å². The van der Waals surface area contributed by atoms with E-state index in [9.17, 15) is 25.3 Å². The maximum Gasteiger partial charge on any atom is 0.349 e. The van der Waals surface area contributed by atoms with Crippen LogP contribution >= 0.6 is 0 Å². The summed E-state index contributed by atoms with van der Waals surface area (Å²) in [5.74, 6) is -0.268. The van der Waals surface area contributed by atoms with E-state index in [4.69, 9.17) is 0 Å². The highest BCUT2D eigenvalue weighted by Gasteiger charge is 2.26. The zero-order valence-corrected chi connectivity index (χ0v) is 9.25. The third kappa shape index (κ3) is 2.90. The molecule has 1 N–H and O–H groups in total. The number of nitrogens with zero attached hydrogens (tertiary/aromatic N) is 2. The molecule has 0 aliphatic heterocycles. The monoisotopic (exact) mass is 240 g/mol. The first-order valence-electron chi connectivity index (χ1n) is 5.12. The first-order valence-corrected chi connectivity index (χ1v) is 5.12. The van der Waals surface area contributed by atoms with E-state index in [0.717, 1.165) is 25.0 Å². The Morgan fingerprint density at radius 1 is 1.18 bits per heavy atom. The Morgan fingerprint density at radius 3 is 2.18 bits per heavy atom. The van der Waals surface area contributed by atoms with Crippen LogP contribution in [0.15, 0.2) is 12.1 Å². The highest BCUT2D eigenvalue weighted by molar-refractivity contribution is 5.59. The largest absolute Gasteiger partial charge is 0.507 e. The number of phenols is 1. The molecule has 1 aromatic carbocycles. The van der Waals surface area contributed by atoms with Gasteiger partial charge in [-0.1, -0.05) is 13.3 Å². The summed E-state index contributed by atoms with van der Waals surface area (Å²) in [5.41, 5.74) is -0.907. The molecule has 1 rings (SSSR count). The van der Waals surface area contributed by atoms with Gasteiger partial charge in [0, 0.05) is 11.6 Å². The highest BCUT2D eigenvalue weighted by atomic mass is 16.6. The van der Waals surface area contributed by atoms with Gasteiger partial charge in [-0.3, -0.25) is 20.2 Å². The summed E-state index contributed by atoms with van der Waals surface area (Å²) >= 11 is 0. The van der Waals surface area contributed by atoms with Gasteiger partial charge in [-0.25, -0.2) is 0 Å². The third-order valence-corrected chi connectivity index (χ3v) is 2.37. The molecule has 1 aromatic rings. The Hall–Kier alpha value is -2.18. The van der Waals surface area contributed by atoms with Crippen molar-refractivity contribution < 1.29 is 15.0 Å². The minimum atomic E-state index is -0.874. The van der Waals surface area contributed by atoms with Gasteiger partial charge < -0.3 is 5.11 Å². The van der Waals surface area contributed by atoms with Crippen LogP contribution in [0, 0.1) is 20.2 Å². The Kier molecular flexibility index (Phi) is 3.97. The first kappa shape index (κ1) is 12.9. The molecule has 0 amide bonds. The number of hydrogen-bond acceptors (Lipinski definition) is 5. The lowest BCUT2D eigenvalue weighted by Gasteiger charge is -2.03. The van der Waals surface area contributed by atoms with Gasteiger partial charge in [0.2, 0.25) is 0 Å². The van der Waals surface area contributed by atoms with Gasteiger partial charge >= 0.3 is 11.4 Å². The number of benzene rings is 1. The summed E-state index contributed by atoms with van der Waals surface area (Å²) in [4.78, 5) is 19.6. The first-order chi connectivity index (χ1) is 7.97. The quantitative estimate of drug-likeness (QED) is 0.628. The van der Waals surface area contributed by atoms with E-state index in [-0.39, 0.29) is 5.75 Å². The molecule has 17 heavy (non-hydrogen) atoms. The SMILES string of the molecule is CCCCc1cc([N+](=O)[O-])c([N+](=O)[O-])cc1O. The Bertz CT molecular complexity index is 458. The Morgan fingerprint density at radius 2 is 1.71 bits per heavy atom. The van der Waals surface area contributed by atoms with Crippen molar-refractivity contribution in [3.05, 3.63) is 37.9 Å². The average Bonchev–Trinajstić information content (AvgIpc) is 2.26. The normalized spacial score (nSPS) is 10.2. The van der Waals surface area contributed by atoms with Crippen molar-refractivity contribution in [1.29, 1.82) is 0 Å². The van der Waals surface area contributed by atoms with Gasteiger partial charge in [0.25, 0.3) is 0 Å². The van der Waals surface area contributed by atoms with Crippen LogP contribution < -0.4 is 0 Å². The topological polar surface area (TPSA) is 107 Å². The Labute approximate surface area is 97.0 Å². The van der Waals surface area contributed by atoms with Crippen LogP contribution in [0.3, 0.4) is 0 Å². The van der Waals surface area contributed by atoms with Crippen molar-refractivity contribution in [3.63, 3.8) is 0 Å². The molecule has 7 nitrogen and oxygen atoms in total. The fraction of sp³-hybridized carbons (Fsp3) is 0.400. The second-order valence-corrected chi connectivity index (χ2v) is 3.59. The lowest BCUT2D eigenvalue weighted by atomic mass is 10.1. The molecule has 0 bridgehead atoms. The molecule has 0 saturated heterocycles. The second-order valence-electron chi connectivity index (χ2n) is 3.59. The van der Waals surface area contributed by atoms with Crippen molar-refractivity contribution in [3.8, 4) is 5.75 Å². The highest BCUT2D eigenvalue weighted by Crippen LogP contribution is 2.34. The third-order valence-electron chi connectivity index (χ3n) is 2.37. The number of rotatable bonds is 5. The second kappa shape index (κ2) is 5.24. The average molecular weight is 240 g/mol. The summed E-state index contributed by atoms with van der Waals surface area (Å²) in [5, 5.41) is 30.8. The number of phenolic OH excluding ortho intramolecular Hbond substituents is 1. The lowest BCUT2D eigenvalue weighted by Crippen LogP contribution is -1.98. The summed E-state index contributed by atoms with van der Waals surface area (Å²) in [6.07, 6.45) is 2.08. The van der Waals surface area contributed by atoms with Crippen molar-refractivity contribution in [2.75, 3.05) is 0 Å². The van der Waals surface area contributed by atoms with Gasteiger partial charge in [0.05, 0.1) is 15.9 Å². The molecule has 92 valence electrons. The Balaban J connectivity index is 3.24. The number of aryl methyl sites for hydroxylation is 1. The van der Waals surface area contributed by atoms with Gasteiger partial charge in [0.15, 0.2) is 0 Å². The molecule has 0 atom stereocenters. The molecule has 0 aliphatic rings. The maximum atomic E-state index is 10.7. The molecule has 0 spiro atoms. The molecule has 0 heterocycles. The standard InChI is InChI=1S/C10H12N2O5/c1-2-3-4-7-5-8(11(14)15)9(12(16)17)6-10(7)13/h5-6,13H,2-4H2,1H3. The molecular formula is C10H12N2O5. The number of unbranched alkanes of at least 4 members (excludes halogenated alkanes) is 1. The number of hydrogen-bond donors (Lipinski definition) is 1. The van der Waals surface area contributed by atoms with E-state index in [1.165, 1.54) is 0 Å². The van der Waals surface area contributed by atoms with E-state index in [1.807, 2.05) is 6.92 Å². The van der Waals surface area contributed by atoms with E-state index < -0.39 is 21.2 Å². The van der Waals surface area contributed by atoms with E-state index in [0.29, 0.717) is 12.0 Å². The molecule has 0 saturated carbocycles. The van der Waals surface area contributed by atoms with Crippen LogP contribution in [-0.2, 0) is 6.42 Å². The summed E-state index contributed by atoms with van der Waals surface area (Å²) in [6.45, 7) is 1.94. The zero-order chi connectivity index (χ0) is 13.0. The van der Waals surface area contributed by atoms with E-state index in [2.05, 4.69) is 0 Å². The summed E-state index contributed by atoms with van der Waals surface area (Å²) in [7, 11) is 0. The molecule has 0 aliphatic carbocycles. The number of nitro groups is 2.